The number of anilines is 1. The minimum atomic E-state index is -3.10. The number of aliphatic hydroxyl groups excluding tert-OH is 2. The van der Waals surface area contributed by atoms with Crippen LogP contribution in [0.4, 0.5) is 5.69 Å². The second-order valence-electron chi connectivity index (χ2n) is 16.0. The van der Waals surface area contributed by atoms with Gasteiger partial charge in [-0.1, -0.05) is 128 Å². The number of rotatable bonds is 14. The first-order chi connectivity index (χ1) is 27.2. The van der Waals surface area contributed by atoms with Gasteiger partial charge in [-0.05, 0) is 88.0 Å². The number of carbonyl (C=O) groups is 2. The maximum atomic E-state index is 14.4. The van der Waals surface area contributed by atoms with Crippen LogP contribution in [0, 0.1) is 17.8 Å². The van der Waals surface area contributed by atoms with Crippen molar-refractivity contribution < 1.29 is 39.4 Å². The molecule has 4 aromatic rings. The molecule has 4 aromatic carbocycles. The predicted molar refractivity (Wildman–Crippen MR) is 231 cm³/mol. The van der Waals surface area contributed by atoms with Crippen molar-refractivity contribution in [2.45, 2.75) is 64.5 Å². The molecule has 1 fully saturated rings. The van der Waals surface area contributed by atoms with Crippen LogP contribution in [-0.2, 0) is 14.0 Å². The van der Waals surface area contributed by atoms with Gasteiger partial charge in [-0.3, -0.25) is 14.5 Å². The first kappa shape index (κ1) is 42.5. The van der Waals surface area contributed by atoms with Crippen LogP contribution in [0.1, 0.15) is 58.9 Å². The normalized spacial score (nSPS) is 19.6. The molecule has 0 unspecified atom stereocenters. The first-order valence-corrected chi connectivity index (χ1v) is 22.2. The third kappa shape index (κ3) is 8.54. The van der Waals surface area contributed by atoms with Gasteiger partial charge < -0.3 is 29.8 Å². The van der Waals surface area contributed by atoms with E-state index in [-0.39, 0.29) is 41.4 Å². The standard InChI is InChI=1S/C45H51BBrNO8Si/c1-5-29(23-30-24-33(47)20-22-39(30)50)19-21-40(51)41-31(28-56-57(45(2,3)4,35-15-8-6-9-16-35)36-17-10-7-11-18-36)25-37-42(38(41)27-49)44(53)48(43(37)52)34-14-12-13-32(26-34)46(54)55/h6-18,20,22-24,26,37-38,40,42,49-51,54-55H,5,19,21,25,27-28H2,1-4H3/b29-23+/t37-,38+,40-,42-/m1/s1. The smallest absolute Gasteiger partial charge is 0.488 e. The van der Waals surface area contributed by atoms with Crippen LogP contribution in [0.2, 0.25) is 5.04 Å². The van der Waals surface area contributed by atoms with Crippen molar-refractivity contribution in [3.8, 4) is 5.75 Å². The molecule has 0 aromatic heterocycles. The first-order valence-electron chi connectivity index (χ1n) is 19.5. The molecule has 2 aliphatic rings. The lowest BCUT2D eigenvalue weighted by Gasteiger charge is -2.44. The van der Waals surface area contributed by atoms with Gasteiger partial charge in [0.05, 0.1) is 36.8 Å². The van der Waals surface area contributed by atoms with Crippen LogP contribution in [0.3, 0.4) is 0 Å². The molecular weight excluding hydrogens is 801 g/mol. The molecule has 0 radical (unpaired) electrons. The van der Waals surface area contributed by atoms with E-state index in [1.54, 1.807) is 24.3 Å². The summed E-state index contributed by atoms with van der Waals surface area (Å²) in [5, 5.41) is 55.5. The van der Waals surface area contributed by atoms with Gasteiger partial charge in [0.25, 0.3) is 8.32 Å². The summed E-state index contributed by atoms with van der Waals surface area (Å²) in [5.74, 6) is -3.49. The van der Waals surface area contributed by atoms with Gasteiger partial charge >= 0.3 is 7.12 Å². The van der Waals surface area contributed by atoms with Crippen LogP contribution in [0.15, 0.2) is 124 Å². The van der Waals surface area contributed by atoms with Crippen LogP contribution < -0.4 is 20.7 Å². The zero-order chi connectivity index (χ0) is 41.1. The molecular formula is C45H51BBrNO8Si. The Morgan fingerprint density at radius 2 is 1.60 bits per heavy atom. The number of hydrogen-bond acceptors (Lipinski definition) is 8. The molecule has 0 bridgehead atoms. The van der Waals surface area contributed by atoms with Crippen molar-refractivity contribution in [3.05, 3.63) is 130 Å². The molecule has 9 nitrogen and oxygen atoms in total. The zero-order valence-corrected chi connectivity index (χ0v) is 35.4. The number of benzene rings is 4. The molecule has 57 heavy (non-hydrogen) atoms. The van der Waals surface area contributed by atoms with Crippen molar-refractivity contribution in [2.24, 2.45) is 17.8 Å². The highest BCUT2D eigenvalue weighted by atomic mass is 79.9. The Morgan fingerprint density at radius 1 is 0.947 bits per heavy atom. The number of aromatic hydroxyl groups is 1. The summed E-state index contributed by atoms with van der Waals surface area (Å²) in [4.78, 5) is 29.8. The fraction of sp³-hybridized carbons (Fsp3) is 0.333. The Balaban J connectivity index is 1.43. The summed E-state index contributed by atoms with van der Waals surface area (Å²) in [6.45, 7) is 8.11. The molecule has 1 aliphatic heterocycles. The molecule has 1 aliphatic carbocycles. The molecule has 5 N–H and O–H groups in total. The Labute approximate surface area is 344 Å². The summed E-state index contributed by atoms with van der Waals surface area (Å²) in [6, 6.07) is 31.6. The Morgan fingerprint density at radius 3 is 2.18 bits per heavy atom. The maximum Gasteiger partial charge on any atom is 0.488 e. The fourth-order valence-electron chi connectivity index (χ4n) is 8.82. The Kier molecular flexibility index (Phi) is 13.2. The fourth-order valence-corrected chi connectivity index (χ4v) is 13.7. The van der Waals surface area contributed by atoms with Crippen LogP contribution in [0.25, 0.3) is 6.08 Å². The summed E-state index contributed by atoms with van der Waals surface area (Å²) in [5.41, 5.74) is 3.18. The van der Waals surface area contributed by atoms with Gasteiger partial charge in [0.2, 0.25) is 11.8 Å². The number of imide groups is 1. The average Bonchev–Trinajstić information content (AvgIpc) is 3.45. The molecule has 298 valence electrons. The van der Waals surface area contributed by atoms with Gasteiger partial charge in [0.15, 0.2) is 0 Å². The quantitative estimate of drug-likeness (QED) is 0.0639. The molecule has 4 atom stereocenters. The lowest BCUT2D eigenvalue weighted by atomic mass is 9.68. The number of halogens is 1. The predicted octanol–water partition coefficient (Wildman–Crippen LogP) is 5.46. The Hall–Kier alpha value is -4.14. The average molecular weight is 853 g/mol. The largest absolute Gasteiger partial charge is 0.507 e. The maximum absolute atomic E-state index is 14.4. The lowest BCUT2D eigenvalue weighted by Crippen LogP contribution is -2.66. The van der Waals surface area contributed by atoms with E-state index in [1.165, 1.54) is 12.1 Å². The van der Waals surface area contributed by atoms with E-state index in [9.17, 15) is 35.0 Å². The Bertz CT molecular complexity index is 2100. The third-order valence-electron chi connectivity index (χ3n) is 11.6. The van der Waals surface area contributed by atoms with Crippen molar-refractivity contribution in [2.75, 3.05) is 18.1 Å². The summed E-state index contributed by atoms with van der Waals surface area (Å²) in [7, 11) is -4.90. The number of phenolic OH excluding ortho intramolecular Hbond substituents is 1. The number of fused-ring (bicyclic) bond motifs is 1. The third-order valence-corrected chi connectivity index (χ3v) is 17.1. The van der Waals surface area contributed by atoms with Gasteiger partial charge in [0, 0.05) is 16.0 Å². The van der Waals surface area contributed by atoms with Crippen LogP contribution in [0.5, 0.6) is 5.75 Å². The number of phenols is 1. The number of carbonyl (C=O) groups excluding carboxylic acids is 2. The van der Waals surface area contributed by atoms with E-state index < -0.39 is 57.7 Å². The van der Waals surface area contributed by atoms with E-state index in [0.717, 1.165) is 25.3 Å². The van der Waals surface area contributed by atoms with E-state index in [0.29, 0.717) is 29.6 Å². The number of hydrogen-bond donors (Lipinski definition) is 5. The number of amides is 2. The van der Waals surface area contributed by atoms with E-state index >= 15 is 0 Å². The van der Waals surface area contributed by atoms with Crippen molar-refractivity contribution in [3.63, 3.8) is 0 Å². The lowest BCUT2D eigenvalue weighted by molar-refractivity contribution is -0.123. The summed E-state index contributed by atoms with van der Waals surface area (Å²) < 4.78 is 8.20. The van der Waals surface area contributed by atoms with Gasteiger partial charge in [-0.25, -0.2) is 0 Å². The van der Waals surface area contributed by atoms with E-state index in [4.69, 9.17) is 4.43 Å². The zero-order valence-electron chi connectivity index (χ0n) is 32.8. The molecule has 0 spiro atoms. The highest BCUT2D eigenvalue weighted by Crippen LogP contribution is 2.48. The van der Waals surface area contributed by atoms with E-state index in [2.05, 4.69) is 61.0 Å². The molecule has 1 saturated heterocycles. The van der Waals surface area contributed by atoms with Crippen LogP contribution >= 0.6 is 15.9 Å². The molecule has 1 heterocycles. The monoisotopic (exact) mass is 851 g/mol. The molecule has 12 heteroatoms. The number of allylic oxidation sites excluding steroid dienone is 1. The second kappa shape index (κ2) is 17.8. The van der Waals surface area contributed by atoms with E-state index in [1.807, 2.05) is 55.5 Å². The second-order valence-corrected chi connectivity index (χ2v) is 21.3. The molecule has 2 amide bonds. The minimum Gasteiger partial charge on any atom is -0.507 e. The van der Waals surface area contributed by atoms with Gasteiger partial charge in [0.1, 0.15) is 5.75 Å². The minimum absolute atomic E-state index is 0.0649. The number of nitrogens with zero attached hydrogens (tertiary/aromatic N) is 1. The topological polar surface area (TPSA) is 148 Å². The SMILES string of the molecule is CC/C(=C\c1cc(Br)ccc1O)CC[C@@H](O)C1=C(CO[Si](c2ccccc2)(c2ccccc2)C(C)(C)C)C[C@H]2C(=O)N(c3cccc(B(O)O)c3)C(=O)[C@H]2[C@H]1CO. The molecule has 6 rings (SSSR count). The summed E-state index contributed by atoms with van der Waals surface area (Å²) in [6.07, 6.45) is 2.37. The number of aliphatic hydroxyl groups is 2. The summed E-state index contributed by atoms with van der Waals surface area (Å²) >= 11 is 3.48. The highest BCUT2D eigenvalue weighted by molar-refractivity contribution is 9.10. The van der Waals surface area contributed by atoms with Crippen LogP contribution in [-0.4, -0.2) is 71.9 Å². The van der Waals surface area contributed by atoms with Crippen molar-refractivity contribution in [1.29, 1.82) is 0 Å². The highest BCUT2D eigenvalue weighted by Gasteiger charge is 2.56. The molecule has 0 saturated carbocycles. The van der Waals surface area contributed by atoms with Crippen molar-refractivity contribution >= 4 is 70.8 Å². The van der Waals surface area contributed by atoms with Gasteiger partial charge in [-0.2, -0.15) is 0 Å². The van der Waals surface area contributed by atoms with Crippen molar-refractivity contribution in [1.82, 2.24) is 0 Å². The van der Waals surface area contributed by atoms with Gasteiger partial charge in [-0.15, -0.1) is 0 Å².